The van der Waals surface area contributed by atoms with Crippen LogP contribution in [0.2, 0.25) is 0 Å². The van der Waals surface area contributed by atoms with Crippen LogP contribution in [0.1, 0.15) is 25.0 Å². The molecule has 0 unspecified atom stereocenters. The highest BCUT2D eigenvalue weighted by Crippen LogP contribution is 2.30. The fourth-order valence-corrected chi connectivity index (χ4v) is 5.60. The van der Waals surface area contributed by atoms with Gasteiger partial charge in [-0.15, -0.1) is 0 Å². The number of likely N-dealkylation sites (N-methyl/N-ethyl adjacent to an activating group) is 1. The summed E-state index contributed by atoms with van der Waals surface area (Å²) in [4.78, 5) is 17.2. The Morgan fingerprint density at radius 1 is 1.07 bits per heavy atom. The predicted molar refractivity (Wildman–Crippen MR) is 159 cm³/mol. The van der Waals surface area contributed by atoms with Gasteiger partial charge >= 0.3 is 0 Å². The van der Waals surface area contributed by atoms with Gasteiger partial charge in [0.1, 0.15) is 11.9 Å². The Kier molecular flexibility index (Phi) is 9.50. The second kappa shape index (κ2) is 12.8. The van der Waals surface area contributed by atoms with Gasteiger partial charge in [0.2, 0.25) is 15.9 Å². The number of anilines is 1. The Balaban J connectivity index is 1.55. The summed E-state index contributed by atoms with van der Waals surface area (Å²) in [5, 5.41) is 9.85. The molecule has 0 spiro atoms. The van der Waals surface area contributed by atoms with Crippen LogP contribution in [0, 0.1) is 5.92 Å². The first-order valence-electron chi connectivity index (χ1n) is 13.5. The number of nitrogens with one attached hydrogen (secondary N) is 1. The smallest absolute Gasteiger partial charge is 0.229 e. The first kappa shape index (κ1) is 29.6. The van der Waals surface area contributed by atoms with Crippen LogP contribution in [0.3, 0.4) is 0 Å². The summed E-state index contributed by atoms with van der Waals surface area (Å²) in [6.45, 7) is 5.51. The minimum Gasteiger partial charge on any atom is -0.488 e. The van der Waals surface area contributed by atoms with Gasteiger partial charge in [0.25, 0.3) is 0 Å². The van der Waals surface area contributed by atoms with Crippen LogP contribution in [0.15, 0.2) is 72.8 Å². The number of rotatable bonds is 9. The number of carbonyl (C=O) groups excluding carboxylic acids is 1. The zero-order valence-electron chi connectivity index (χ0n) is 23.6. The highest BCUT2D eigenvalue weighted by Gasteiger charge is 2.31. The van der Waals surface area contributed by atoms with E-state index in [0.717, 1.165) is 12.8 Å². The third-order valence-electron chi connectivity index (χ3n) is 7.22. The number of nitrogens with zero attached hydrogens (tertiary/aromatic N) is 2. The summed E-state index contributed by atoms with van der Waals surface area (Å²) in [5.41, 5.74) is 4.51. The number of aliphatic hydroxyl groups excluding tert-OH is 1. The molecule has 0 radical (unpaired) electrons. The Hall–Kier alpha value is -3.40. The summed E-state index contributed by atoms with van der Waals surface area (Å²) in [6, 6.07) is 23.5. The molecule has 3 aromatic carbocycles. The quantitative estimate of drug-likeness (QED) is 0.407. The molecule has 0 aromatic heterocycles. The van der Waals surface area contributed by atoms with E-state index < -0.39 is 10.0 Å². The number of benzene rings is 3. The Bertz CT molecular complexity index is 1400. The van der Waals surface area contributed by atoms with Crippen LogP contribution in [0.25, 0.3) is 11.1 Å². The Morgan fingerprint density at radius 3 is 2.40 bits per heavy atom. The van der Waals surface area contributed by atoms with E-state index in [4.69, 9.17) is 4.74 Å². The molecule has 0 bridgehead atoms. The number of ether oxygens (including phenoxy) is 1. The lowest BCUT2D eigenvalue weighted by molar-refractivity contribution is -0.134. The first-order chi connectivity index (χ1) is 19.0. The lowest BCUT2D eigenvalue weighted by atomic mass is 10.0. The predicted octanol–water partition coefficient (Wildman–Crippen LogP) is 4.01. The fourth-order valence-electron chi connectivity index (χ4n) is 5.04. The molecule has 40 heavy (non-hydrogen) atoms. The largest absolute Gasteiger partial charge is 0.488 e. The molecule has 0 fully saturated rings. The molecule has 2 N–H and O–H groups in total. The summed E-state index contributed by atoms with van der Waals surface area (Å²) in [7, 11) is -1.43. The number of amides is 1. The van der Waals surface area contributed by atoms with Crippen LogP contribution in [0.5, 0.6) is 5.75 Å². The first-order valence-corrected chi connectivity index (χ1v) is 15.4. The van der Waals surface area contributed by atoms with Crippen LogP contribution >= 0.6 is 0 Å². The molecular formula is C31H39N3O5S. The molecule has 214 valence electrons. The monoisotopic (exact) mass is 565 g/mol. The van der Waals surface area contributed by atoms with Crippen LogP contribution < -0.4 is 9.46 Å². The van der Waals surface area contributed by atoms with Crippen molar-refractivity contribution in [3.05, 3.63) is 83.9 Å². The average Bonchev–Trinajstić information content (AvgIpc) is 2.96. The van der Waals surface area contributed by atoms with Gasteiger partial charge in [-0.05, 0) is 48.9 Å². The molecule has 8 nitrogen and oxygen atoms in total. The standard InChI is InChI=1S/C31H39N3O5S/c1-22-18-34(23(2)21-35)31(36)17-27-16-28(32-40(4,37)38)14-15-29(27)39-30(22)20-33(3)19-24-10-12-26(13-11-24)25-8-6-5-7-9-25/h5-16,22-23,30,32,35H,17-21H2,1-4H3/t22-,23+,30+/m0/s1. The third kappa shape index (κ3) is 7.84. The maximum atomic E-state index is 13.3. The van der Waals surface area contributed by atoms with E-state index in [1.807, 2.05) is 32.2 Å². The lowest BCUT2D eigenvalue weighted by Gasteiger charge is -2.34. The van der Waals surface area contributed by atoms with Gasteiger partial charge in [-0.3, -0.25) is 14.4 Å². The second-order valence-electron chi connectivity index (χ2n) is 10.8. The number of hydrogen-bond donors (Lipinski definition) is 2. The van der Waals surface area contributed by atoms with Crippen molar-refractivity contribution in [2.45, 2.75) is 39.0 Å². The topological polar surface area (TPSA) is 99.2 Å². The molecular weight excluding hydrogens is 526 g/mol. The molecule has 1 aliphatic rings. The Morgan fingerprint density at radius 2 is 1.75 bits per heavy atom. The molecule has 1 heterocycles. The van der Waals surface area contributed by atoms with Gasteiger partial charge in [0.15, 0.2) is 0 Å². The summed E-state index contributed by atoms with van der Waals surface area (Å²) in [6.07, 6.45) is 0.881. The molecule has 1 amide bonds. The van der Waals surface area contributed by atoms with Gasteiger partial charge in [-0.1, -0.05) is 61.5 Å². The number of carbonyl (C=O) groups is 1. The van der Waals surface area contributed by atoms with Crippen LogP contribution in [-0.2, 0) is 27.8 Å². The van der Waals surface area contributed by atoms with E-state index in [9.17, 15) is 18.3 Å². The number of sulfonamides is 1. The van der Waals surface area contributed by atoms with Gasteiger partial charge < -0.3 is 14.7 Å². The summed E-state index contributed by atoms with van der Waals surface area (Å²) < 4.78 is 32.6. The highest BCUT2D eigenvalue weighted by atomic mass is 32.2. The zero-order valence-corrected chi connectivity index (χ0v) is 24.4. The maximum absolute atomic E-state index is 13.3. The van der Waals surface area contributed by atoms with Gasteiger partial charge in [-0.25, -0.2) is 8.42 Å². The van der Waals surface area contributed by atoms with Crippen molar-refractivity contribution in [1.82, 2.24) is 9.80 Å². The van der Waals surface area contributed by atoms with E-state index in [-0.39, 0.29) is 37.0 Å². The van der Waals surface area contributed by atoms with E-state index >= 15 is 0 Å². The molecule has 4 rings (SSSR count). The number of aliphatic hydroxyl groups is 1. The average molecular weight is 566 g/mol. The number of fused-ring (bicyclic) bond motifs is 1. The minimum atomic E-state index is -3.48. The van der Waals surface area contributed by atoms with Crippen molar-refractivity contribution in [2.75, 3.05) is 37.7 Å². The van der Waals surface area contributed by atoms with Crippen molar-refractivity contribution >= 4 is 21.6 Å². The van der Waals surface area contributed by atoms with Crippen molar-refractivity contribution in [3.8, 4) is 16.9 Å². The molecule has 3 atom stereocenters. The van der Waals surface area contributed by atoms with Gasteiger partial charge in [-0.2, -0.15) is 0 Å². The molecule has 0 aliphatic carbocycles. The van der Waals surface area contributed by atoms with Crippen LogP contribution in [0.4, 0.5) is 5.69 Å². The SMILES string of the molecule is C[C@H](CO)N1C[C@H](C)[C@@H](CN(C)Cc2ccc(-c3ccccc3)cc2)Oc2ccc(NS(C)(=O)=O)cc2CC1=O. The maximum Gasteiger partial charge on any atom is 0.229 e. The Labute approximate surface area is 237 Å². The molecule has 0 saturated heterocycles. The minimum absolute atomic E-state index is 0.0272. The fraction of sp³-hybridized carbons (Fsp3) is 0.387. The normalized spacial score (nSPS) is 18.8. The molecule has 3 aromatic rings. The van der Waals surface area contributed by atoms with E-state index in [1.165, 1.54) is 16.7 Å². The van der Waals surface area contributed by atoms with E-state index in [0.29, 0.717) is 30.1 Å². The zero-order chi connectivity index (χ0) is 28.9. The van der Waals surface area contributed by atoms with Crippen molar-refractivity contribution in [2.24, 2.45) is 5.92 Å². The van der Waals surface area contributed by atoms with Crippen molar-refractivity contribution in [3.63, 3.8) is 0 Å². The lowest BCUT2D eigenvalue weighted by Crippen LogP contribution is -2.47. The molecule has 9 heteroatoms. The van der Waals surface area contributed by atoms with Gasteiger partial charge in [0.05, 0.1) is 25.3 Å². The second-order valence-corrected chi connectivity index (χ2v) is 12.6. The van der Waals surface area contributed by atoms with Crippen molar-refractivity contribution < 1.29 is 23.1 Å². The van der Waals surface area contributed by atoms with Crippen LogP contribution in [-0.4, -0.2) is 74.4 Å². The summed E-state index contributed by atoms with van der Waals surface area (Å²) >= 11 is 0. The third-order valence-corrected chi connectivity index (χ3v) is 7.83. The van der Waals surface area contributed by atoms with E-state index in [1.54, 1.807) is 23.1 Å². The summed E-state index contributed by atoms with van der Waals surface area (Å²) in [5.74, 6) is 0.395. The van der Waals surface area contributed by atoms with Gasteiger partial charge in [0, 0.05) is 36.8 Å². The van der Waals surface area contributed by atoms with Crippen molar-refractivity contribution in [1.29, 1.82) is 0 Å². The molecule has 1 aliphatic heterocycles. The number of hydrogen-bond acceptors (Lipinski definition) is 6. The molecule has 0 saturated carbocycles. The highest BCUT2D eigenvalue weighted by molar-refractivity contribution is 7.92. The van der Waals surface area contributed by atoms with E-state index in [2.05, 4.69) is 52.9 Å².